The topological polar surface area (TPSA) is 48.9 Å². The molecule has 0 bridgehead atoms. The third kappa shape index (κ3) is 7.57. The normalized spacial score (nSPS) is 20.4. The fourth-order valence-corrected chi connectivity index (χ4v) is 4.94. The van der Waals surface area contributed by atoms with E-state index in [-0.39, 0.29) is 28.7 Å². The van der Waals surface area contributed by atoms with Crippen LogP contribution in [-0.4, -0.2) is 67.3 Å². The second-order valence-corrected chi connectivity index (χ2v) is 9.59. The standard InChI is InChI=1S/C23H38N4OS.HI/c1-4-24-22(25-18-23(29-3)11-15-28-16-12-23)26-21-9-13-27(14-10-21)17-20-8-6-5-7-19(20)2;/h5-8,21H,4,9-18H2,1-3H3,(H2,24,25,26);1H. The van der Waals surface area contributed by atoms with Gasteiger partial charge in [-0.05, 0) is 56.9 Å². The number of guanidine groups is 1. The van der Waals surface area contributed by atoms with Crippen LogP contribution in [0.5, 0.6) is 0 Å². The molecule has 5 nitrogen and oxygen atoms in total. The molecule has 2 aliphatic rings. The third-order valence-corrected chi connectivity index (χ3v) is 7.69. The molecule has 0 saturated carbocycles. The Morgan fingerprint density at radius 3 is 2.57 bits per heavy atom. The molecule has 0 aromatic heterocycles. The van der Waals surface area contributed by atoms with Crippen molar-refractivity contribution in [2.75, 3.05) is 45.6 Å². The van der Waals surface area contributed by atoms with Gasteiger partial charge < -0.3 is 15.4 Å². The largest absolute Gasteiger partial charge is 0.381 e. The first-order chi connectivity index (χ1) is 14.1. The van der Waals surface area contributed by atoms with Crippen LogP contribution in [-0.2, 0) is 11.3 Å². The van der Waals surface area contributed by atoms with Crippen LogP contribution >= 0.6 is 35.7 Å². The molecule has 0 unspecified atom stereocenters. The van der Waals surface area contributed by atoms with Crippen LogP contribution in [0.2, 0.25) is 0 Å². The first kappa shape index (κ1) is 25.7. The third-order valence-electron chi connectivity index (χ3n) is 6.29. The van der Waals surface area contributed by atoms with E-state index >= 15 is 0 Å². The molecule has 2 aliphatic heterocycles. The highest BCUT2D eigenvalue weighted by Gasteiger charge is 2.31. The van der Waals surface area contributed by atoms with Crippen LogP contribution in [0, 0.1) is 6.92 Å². The number of ether oxygens (including phenoxy) is 1. The Morgan fingerprint density at radius 1 is 1.23 bits per heavy atom. The summed E-state index contributed by atoms with van der Waals surface area (Å²) in [5.41, 5.74) is 2.85. The predicted octanol–water partition coefficient (Wildman–Crippen LogP) is 4.04. The minimum absolute atomic E-state index is 0. The lowest BCUT2D eigenvalue weighted by atomic mass is 9.99. The summed E-state index contributed by atoms with van der Waals surface area (Å²) in [4.78, 5) is 7.56. The van der Waals surface area contributed by atoms with Gasteiger partial charge in [0.25, 0.3) is 0 Å². The highest BCUT2D eigenvalue weighted by molar-refractivity contribution is 14.0. The van der Waals surface area contributed by atoms with Crippen LogP contribution < -0.4 is 10.6 Å². The van der Waals surface area contributed by atoms with Crippen molar-refractivity contribution >= 4 is 41.7 Å². The average Bonchev–Trinajstić information content (AvgIpc) is 2.76. The van der Waals surface area contributed by atoms with Crippen molar-refractivity contribution in [2.45, 2.75) is 56.9 Å². The quantitative estimate of drug-likeness (QED) is 0.307. The maximum Gasteiger partial charge on any atom is 0.191 e. The van der Waals surface area contributed by atoms with Crippen molar-refractivity contribution in [3.05, 3.63) is 35.4 Å². The van der Waals surface area contributed by atoms with Gasteiger partial charge in [-0.2, -0.15) is 11.8 Å². The molecule has 0 radical (unpaired) electrons. The van der Waals surface area contributed by atoms with Gasteiger partial charge in [0.1, 0.15) is 0 Å². The highest BCUT2D eigenvalue weighted by atomic mass is 127. The van der Waals surface area contributed by atoms with E-state index in [9.17, 15) is 0 Å². The van der Waals surface area contributed by atoms with Crippen molar-refractivity contribution in [3.63, 3.8) is 0 Å². The first-order valence-electron chi connectivity index (χ1n) is 11.1. The number of nitrogens with one attached hydrogen (secondary N) is 2. The lowest BCUT2D eigenvalue weighted by molar-refractivity contribution is 0.0794. The zero-order valence-corrected chi connectivity index (χ0v) is 21.9. The number of halogens is 1. The Hall–Kier alpha value is -0.510. The summed E-state index contributed by atoms with van der Waals surface area (Å²) in [6.45, 7) is 11.2. The summed E-state index contributed by atoms with van der Waals surface area (Å²) in [6.07, 6.45) is 6.73. The Morgan fingerprint density at radius 2 is 1.93 bits per heavy atom. The summed E-state index contributed by atoms with van der Waals surface area (Å²) >= 11 is 1.95. The lowest BCUT2D eigenvalue weighted by Gasteiger charge is -2.35. The van der Waals surface area contributed by atoms with Gasteiger partial charge in [0.15, 0.2) is 5.96 Å². The summed E-state index contributed by atoms with van der Waals surface area (Å²) in [5.74, 6) is 0.977. The van der Waals surface area contributed by atoms with Crippen LogP contribution in [0.3, 0.4) is 0 Å². The Kier molecular flexibility index (Phi) is 11.3. The zero-order chi connectivity index (χ0) is 20.5. The molecule has 1 aromatic rings. The average molecular weight is 547 g/mol. The zero-order valence-electron chi connectivity index (χ0n) is 18.8. The molecule has 1 aromatic carbocycles. The Labute approximate surface area is 204 Å². The minimum Gasteiger partial charge on any atom is -0.381 e. The van der Waals surface area contributed by atoms with Gasteiger partial charge in [-0.25, -0.2) is 0 Å². The summed E-state index contributed by atoms with van der Waals surface area (Å²) in [6, 6.07) is 9.24. The molecule has 2 saturated heterocycles. The lowest BCUT2D eigenvalue weighted by Crippen LogP contribution is -2.49. The highest BCUT2D eigenvalue weighted by Crippen LogP contribution is 2.34. The number of likely N-dealkylation sites (tertiary alicyclic amines) is 1. The van der Waals surface area contributed by atoms with E-state index in [4.69, 9.17) is 9.73 Å². The van der Waals surface area contributed by atoms with E-state index in [1.807, 2.05) is 11.8 Å². The molecular weight excluding hydrogens is 507 g/mol. The number of hydrogen-bond donors (Lipinski definition) is 2. The van der Waals surface area contributed by atoms with Crippen molar-refractivity contribution in [1.29, 1.82) is 0 Å². The summed E-state index contributed by atoms with van der Waals surface area (Å²) < 4.78 is 5.80. The van der Waals surface area contributed by atoms with Gasteiger partial charge >= 0.3 is 0 Å². The van der Waals surface area contributed by atoms with Crippen LogP contribution in [0.15, 0.2) is 29.3 Å². The fraction of sp³-hybridized carbons (Fsp3) is 0.696. The molecule has 170 valence electrons. The summed E-state index contributed by atoms with van der Waals surface area (Å²) in [7, 11) is 0. The molecular formula is C23H39IN4OS. The van der Waals surface area contributed by atoms with Crippen molar-refractivity contribution in [1.82, 2.24) is 15.5 Å². The number of nitrogens with zero attached hydrogens (tertiary/aromatic N) is 2. The Balaban J connectivity index is 0.00000320. The summed E-state index contributed by atoms with van der Waals surface area (Å²) in [5, 5.41) is 7.16. The maximum atomic E-state index is 5.56. The number of piperidine rings is 1. The van der Waals surface area contributed by atoms with Gasteiger partial charge in [-0.3, -0.25) is 9.89 Å². The smallest absolute Gasteiger partial charge is 0.191 e. The van der Waals surface area contributed by atoms with Crippen LogP contribution in [0.1, 0.15) is 43.7 Å². The molecule has 0 amide bonds. The van der Waals surface area contributed by atoms with Crippen molar-refractivity contribution < 1.29 is 4.74 Å². The second kappa shape index (κ2) is 13.1. The number of benzene rings is 1. The second-order valence-electron chi connectivity index (χ2n) is 8.32. The van der Waals surface area contributed by atoms with Gasteiger partial charge in [0.2, 0.25) is 0 Å². The fourth-order valence-electron chi connectivity index (χ4n) is 4.17. The van der Waals surface area contributed by atoms with Crippen LogP contribution in [0.4, 0.5) is 0 Å². The Bertz CT molecular complexity index is 658. The molecule has 0 aliphatic carbocycles. The van der Waals surface area contributed by atoms with Gasteiger partial charge in [0, 0.05) is 50.2 Å². The molecule has 3 rings (SSSR count). The van der Waals surface area contributed by atoms with E-state index in [0.29, 0.717) is 6.04 Å². The van der Waals surface area contributed by atoms with E-state index < -0.39 is 0 Å². The molecule has 30 heavy (non-hydrogen) atoms. The van der Waals surface area contributed by atoms with Crippen LogP contribution in [0.25, 0.3) is 0 Å². The number of hydrogen-bond acceptors (Lipinski definition) is 4. The molecule has 2 heterocycles. The monoisotopic (exact) mass is 546 g/mol. The SMILES string of the molecule is CCNC(=NCC1(SC)CCOCC1)NC1CCN(Cc2ccccc2C)CC1.I. The predicted molar refractivity (Wildman–Crippen MR) is 140 cm³/mol. The molecule has 2 fully saturated rings. The van der Waals surface area contributed by atoms with Gasteiger partial charge in [-0.15, -0.1) is 24.0 Å². The molecule has 7 heteroatoms. The van der Waals surface area contributed by atoms with E-state index in [1.165, 1.54) is 11.1 Å². The van der Waals surface area contributed by atoms with E-state index in [2.05, 4.69) is 59.9 Å². The molecule has 0 atom stereocenters. The van der Waals surface area contributed by atoms with E-state index in [0.717, 1.165) is 77.6 Å². The maximum absolute atomic E-state index is 5.56. The number of aryl methyl sites for hydroxylation is 1. The molecule has 0 spiro atoms. The number of rotatable bonds is 7. The first-order valence-corrected chi connectivity index (χ1v) is 12.3. The van der Waals surface area contributed by atoms with Gasteiger partial charge in [-0.1, -0.05) is 24.3 Å². The number of aliphatic imine (C=N–C) groups is 1. The number of thioether (sulfide) groups is 1. The molecule has 2 N–H and O–H groups in total. The van der Waals surface area contributed by atoms with E-state index in [1.54, 1.807) is 0 Å². The van der Waals surface area contributed by atoms with Crippen molar-refractivity contribution in [3.8, 4) is 0 Å². The minimum atomic E-state index is 0. The van der Waals surface area contributed by atoms with Gasteiger partial charge in [0.05, 0.1) is 6.54 Å². The van der Waals surface area contributed by atoms with Crippen molar-refractivity contribution in [2.24, 2.45) is 4.99 Å².